The van der Waals surface area contributed by atoms with Crippen molar-refractivity contribution in [3.05, 3.63) is 66.7 Å². The lowest BCUT2D eigenvalue weighted by Gasteiger charge is -2.14. The summed E-state index contributed by atoms with van der Waals surface area (Å²) in [6.45, 7) is 0. The molecule has 0 saturated carbocycles. The average Bonchev–Trinajstić information content (AvgIpc) is 2.72. The first kappa shape index (κ1) is 16.8. The lowest BCUT2D eigenvalue weighted by molar-refractivity contribution is 0.450. The number of benzene rings is 4. The molecule has 0 saturated heterocycles. The Labute approximate surface area is 167 Å². The van der Waals surface area contributed by atoms with Crippen LogP contribution in [0, 0.1) is 0 Å². The Hall–Kier alpha value is -3.31. The molecular formula is C23H17N3OS. The van der Waals surface area contributed by atoms with Gasteiger partial charge in [0.2, 0.25) is 0 Å². The molecule has 0 aliphatic rings. The molecule has 0 aliphatic heterocycles. The smallest absolute Gasteiger partial charge is 0.264 e. The number of aromatic nitrogens is 2. The van der Waals surface area contributed by atoms with Crippen LogP contribution in [0.1, 0.15) is 0 Å². The molecule has 4 nitrogen and oxygen atoms in total. The van der Waals surface area contributed by atoms with E-state index in [4.69, 9.17) is 26.9 Å². The molecule has 136 valence electrons. The van der Waals surface area contributed by atoms with Gasteiger partial charge in [-0.15, -0.1) is 0 Å². The minimum atomic E-state index is 0.407. The summed E-state index contributed by atoms with van der Waals surface area (Å²) in [6.07, 6.45) is 0. The summed E-state index contributed by atoms with van der Waals surface area (Å²) in [4.78, 5) is 11.7. The molecule has 0 bridgehead atoms. The van der Waals surface area contributed by atoms with Crippen molar-refractivity contribution in [1.82, 2.24) is 14.9 Å². The maximum absolute atomic E-state index is 5.74. The van der Waals surface area contributed by atoms with Crippen molar-refractivity contribution in [2.75, 3.05) is 14.1 Å². The highest BCUT2D eigenvalue weighted by Crippen LogP contribution is 2.34. The molecule has 5 rings (SSSR count). The van der Waals surface area contributed by atoms with Gasteiger partial charge < -0.3 is 9.64 Å². The maximum atomic E-state index is 5.74. The highest BCUT2D eigenvalue weighted by molar-refractivity contribution is 7.80. The van der Waals surface area contributed by atoms with E-state index < -0.39 is 0 Å². The molecule has 5 aromatic rings. The second-order valence-electron chi connectivity index (χ2n) is 6.92. The molecule has 1 heterocycles. The van der Waals surface area contributed by atoms with Crippen molar-refractivity contribution in [2.24, 2.45) is 0 Å². The van der Waals surface area contributed by atoms with Gasteiger partial charge in [0.25, 0.3) is 5.17 Å². The Kier molecular flexibility index (Phi) is 3.84. The van der Waals surface area contributed by atoms with Gasteiger partial charge in [0.05, 0.1) is 22.1 Å². The van der Waals surface area contributed by atoms with Gasteiger partial charge in [-0.1, -0.05) is 48.5 Å². The molecule has 0 radical (unpaired) electrons. The molecule has 28 heavy (non-hydrogen) atoms. The average molecular weight is 383 g/mol. The zero-order valence-corrected chi connectivity index (χ0v) is 16.3. The molecule has 0 atom stereocenters. The number of thiocarbonyl (C=S) groups is 1. The quantitative estimate of drug-likeness (QED) is 0.223. The topological polar surface area (TPSA) is 38.2 Å². The molecule has 0 spiro atoms. The van der Waals surface area contributed by atoms with Gasteiger partial charge >= 0.3 is 0 Å². The lowest BCUT2D eigenvalue weighted by atomic mass is 9.99. The van der Waals surface area contributed by atoms with E-state index in [9.17, 15) is 0 Å². The number of nitrogens with zero attached hydrogens (tertiary/aromatic N) is 3. The number of ether oxygens (including phenoxy) is 1. The van der Waals surface area contributed by atoms with Gasteiger partial charge in [-0.3, -0.25) is 0 Å². The second kappa shape index (κ2) is 6.39. The third-order valence-electron chi connectivity index (χ3n) is 4.86. The van der Waals surface area contributed by atoms with E-state index in [1.54, 1.807) is 4.90 Å². The predicted octanol–water partition coefficient (Wildman–Crippen LogP) is 5.31. The minimum absolute atomic E-state index is 0.407. The van der Waals surface area contributed by atoms with Crippen LogP contribution in [0.4, 0.5) is 0 Å². The third-order valence-corrected chi connectivity index (χ3v) is 5.31. The minimum Gasteiger partial charge on any atom is -0.432 e. The van der Waals surface area contributed by atoms with E-state index in [1.165, 1.54) is 10.8 Å². The van der Waals surface area contributed by atoms with Crippen LogP contribution in [-0.4, -0.2) is 34.1 Å². The van der Waals surface area contributed by atoms with Crippen LogP contribution in [-0.2, 0) is 0 Å². The van der Waals surface area contributed by atoms with E-state index >= 15 is 0 Å². The first-order chi connectivity index (χ1) is 13.6. The van der Waals surface area contributed by atoms with Crippen LogP contribution in [0.3, 0.4) is 0 Å². The summed E-state index contributed by atoms with van der Waals surface area (Å²) in [5.74, 6) is 0.657. The Morgan fingerprint density at radius 3 is 1.86 bits per heavy atom. The Bertz CT molecular complexity index is 1390. The Morgan fingerprint density at radius 1 is 0.750 bits per heavy atom. The number of fused-ring (bicyclic) bond motifs is 7. The zero-order valence-electron chi connectivity index (χ0n) is 15.5. The van der Waals surface area contributed by atoms with Crippen molar-refractivity contribution in [3.63, 3.8) is 0 Å². The molecule has 0 N–H and O–H groups in total. The summed E-state index contributed by atoms with van der Waals surface area (Å²) >= 11 is 5.24. The SMILES string of the molecule is CN(C)C(=S)Oc1ccc2nc3c4ccccc4c4ccccc4c3nc2c1. The van der Waals surface area contributed by atoms with E-state index in [0.717, 1.165) is 32.8 Å². The van der Waals surface area contributed by atoms with Gasteiger partial charge in [0.1, 0.15) is 5.75 Å². The van der Waals surface area contributed by atoms with Gasteiger partial charge in [-0.05, 0) is 35.1 Å². The molecular weight excluding hydrogens is 366 g/mol. The Balaban J connectivity index is 1.83. The van der Waals surface area contributed by atoms with E-state index in [-0.39, 0.29) is 0 Å². The molecule has 5 heteroatoms. The first-order valence-electron chi connectivity index (χ1n) is 9.02. The van der Waals surface area contributed by atoms with E-state index in [2.05, 4.69) is 36.4 Å². The van der Waals surface area contributed by atoms with Crippen LogP contribution in [0.2, 0.25) is 0 Å². The molecule has 1 aromatic heterocycles. The predicted molar refractivity (Wildman–Crippen MR) is 119 cm³/mol. The molecule has 0 fully saturated rings. The van der Waals surface area contributed by atoms with E-state index in [0.29, 0.717) is 10.9 Å². The number of hydrogen-bond acceptors (Lipinski definition) is 4. The van der Waals surface area contributed by atoms with Crippen LogP contribution >= 0.6 is 12.2 Å². The molecule has 0 aliphatic carbocycles. The maximum Gasteiger partial charge on any atom is 0.264 e. The fourth-order valence-corrected chi connectivity index (χ4v) is 3.61. The second-order valence-corrected chi connectivity index (χ2v) is 7.27. The normalized spacial score (nSPS) is 11.4. The van der Waals surface area contributed by atoms with Crippen molar-refractivity contribution in [1.29, 1.82) is 0 Å². The molecule has 4 aromatic carbocycles. The fraction of sp³-hybridized carbons (Fsp3) is 0.0870. The monoisotopic (exact) mass is 383 g/mol. The lowest BCUT2D eigenvalue weighted by Crippen LogP contribution is -2.24. The molecule has 0 amide bonds. The summed E-state index contributed by atoms with van der Waals surface area (Å²) in [6, 6.07) is 22.4. The van der Waals surface area contributed by atoms with Crippen molar-refractivity contribution < 1.29 is 4.74 Å². The van der Waals surface area contributed by atoms with Crippen LogP contribution < -0.4 is 4.74 Å². The highest BCUT2D eigenvalue weighted by atomic mass is 32.1. The summed E-state index contributed by atoms with van der Waals surface area (Å²) in [7, 11) is 3.71. The van der Waals surface area contributed by atoms with Gasteiger partial charge in [-0.2, -0.15) is 0 Å². The third kappa shape index (κ3) is 2.63. The summed E-state index contributed by atoms with van der Waals surface area (Å²) in [5.41, 5.74) is 3.43. The van der Waals surface area contributed by atoms with Gasteiger partial charge in [-0.25, -0.2) is 9.97 Å². The van der Waals surface area contributed by atoms with Crippen LogP contribution in [0.5, 0.6) is 5.75 Å². The standard InChI is InChI=1S/C23H17N3OS/c1-26(2)23(28)27-14-11-12-19-20(13-14)25-22-18-10-6-4-8-16(18)15-7-3-5-9-17(15)21(22)24-19/h3-13H,1-2H3. The molecule has 0 unspecified atom stereocenters. The Morgan fingerprint density at radius 2 is 1.29 bits per heavy atom. The summed E-state index contributed by atoms with van der Waals surface area (Å²) < 4.78 is 5.74. The van der Waals surface area contributed by atoms with Gasteiger partial charge in [0, 0.05) is 30.9 Å². The highest BCUT2D eigenvalue weighted by Gasteiger charge is 2.12. The first-order valence-corrected chi connectivity index (χ1v) is 9.43. The number of hydrogen-bond donors (Lipinski definition) is 0. The fourth-order valence-electron chi connectivity index (χ4n) is 3.51. The van der Waals surface area contributed by atoms with Crippen molar-refractivity contribution in [2.45, 2.75) is 0 Å². The van der Waals surface area contributed by atoms with Crippen molar-refractivity contribution in [3.8, 4) is 5.75 Å². The zero-order chi connectivity index (χ0) is 19.3. The number of rotatable bonds is 1. The van der Waals surface area contributed by atoms with Gasteiger partial charge in [0.15, 0.2) is 0 Å². The van der Waals surface area contributed by atoms with Crippen molar-refractivity contribution >= 4 is 61.0 Å². The van der Waals surface area contributed by atoms with Crippen LogP contribution in [0.25, 0.3) is 43.6 Å². The van der Waals surface area contributed by atoms with Crippen LogP contribution in [0.15, 0.2) is 66.7 Å². The summed E-state index contributed by atoms with van der Waals surface area (Å²) in [5, 5.41) is 4.99. The largest absolute Gasteiger partial charge is 0.432 e. The van der Waals surface area contributed by atoms with E-state index in [1.807, 2.05) is 44.4 Å².